The lowest BCUT2D eigenvalue weighted by atomic mass is 10.4. The number of aromatic amines is 1. The molecule has 0 aliphatic rings. The molecule has 8 heteroatoms. The van der Waals surface area contributed by atoms with E-state index in [1.807, 2.05) is 0 Å². The number of hydrogen-bond donors (Lipinski definition) is 1. The first-order chi connectivity index (χ1) is 6.77. The van der Waals surface area contributed by atoms with E-state index in [1.54, 1.807) is 7.05 Å². The minimum absolute atomic E-state index is 0.242. The Hall–Kier alpha value is -2.25. The molecule has 0 saturated carbocycles. The Balaban J connectivity index is 2.72. The van der Waals surface area contributed by atoms with Crippen molar-refractivity contribution in [2.45, 2.75) is 0 Å². The summed E-state index contributed by atoms with van der Waals surface area (Å²) in [6, 6.07) is 0. The van der Waals surface area contributed by atoms with Gasteiger partial charge < -0.3 is 0 Å². The average Bonchev–Trinajstić information content (AvgIpc) is 2.75. The van der Waals surface area contributed by atoms with Crippen LogP contribution in [-0.2, 0) is 7.05 Å². The van der Waals surface area contributed by atoms with Crippen LogP contribution in [0.3, 0.4) is 0 Å². The van der Waals surface area contributed by atoms with Gasteiger partial charge in [0, 0.05) is 7.05 Å². The molecule has 3 aromatic rings. The van der Waals surface area contributed by atoms with Crippen LogP contribution < -0.4 is 5.56 Å². The third-order valence-electron chi connectivity index (χ3n) is 2.03. The van der Waals surface area contributed by atoms with Crippen molar-refractivity contribution in [2.24, 2.45) is 7.05 Å². The van der Waals surface area contributed by atoms with Gasteiger partial charge in [-0.25, -0.2) is 0 Å². The van der Waals surface area contributed by atoms with Crippen molar-refractivity contribution in [3.8, 4) is 0 Å². The zero-order valence-electron chi connectivity index (χ0n) is 7.17. The van der Waals surface area contributed by atoms with Gasteiger partial charge in [-0.3, -0.25) is 9.48 Å². The first-order valence-corrected chi connectivity index (χ1v) is 3.89. The van der Waals surface area contributed by atoms with E-state index >= 15 is 0 Å². The van der Waals surface area contributed by atoms with E-state index in [-0.39, 0.29) is 11.3 Å². The second-order valence-electron chi connectivity index (χ2n) is 2.86. The fourth-order valence-corrected chi connectivity index (χ4v) is 1.34. The van der Waals surface area contributed by atoms with E-state index in [0.717, 1.165) is 0 Å². The highest BCUT2D eigenvalue weighted by atomic mass is 16.1. The third-order valence-corrected chi connectivity index (χ3v) is 2.03. The molecule has 0 bridgehead atoms. The van der Waals surface area contributed by atoms with Crippen molar-refractivity contribution < 1.29 is 0 Å². The Morgan fingerprint density at radius 3 is 3.21 bits per heavy atom. The summed E-state index contributed by atoms with van der Waals surface area (Å²) in [7, 11) is 1.71. The molecule has 0 fully saturated rings. The van der Waals surface area contributed by atoms with Crippen LogP contribution in [0.1, 0.15) is 0 Å². The topological polar surface area (TPSA) is 93.8 Å². The minimum atomic E-state index is -0.247. The Labute approximate surface area is 76.1 Å². The van der Waals surface area contributed by atoms with Crippen molar-refractivity contribution in [1.29, 1.82) is 0 Å². The van der Waals surface area contributed by atoms with Gasteiger partial charge in [-0.05, 0) is 5.21 Å². The van der Waals surface area contributed by atoms with Crippen LogP contribution in [0.2, 0.25) is 0 Å². The summed E-state index contributed by atoms with van der Waals surface area (Å²) in [6.07, 6.45) is 1.47. The molecule has 3 heterocycles. The van der Waals surface area contributed by atoms with Crippen LogP contribution in [0.4, 0.5) is 0 Å². The second-order valence-corrected chi connectivity index (χ2v) is 2.86. The molecule has 0 radical (unpaired) electrons. The van der Waals surface area contributed by atoms with Crippen molar-refractivity contribution >= 4 is 16.8 Å². The van der Waals surface area contributed by atoms with Gasteiger partial charge in [0.05, 0.1) is 6.20 Å². The predicted molar refractivity (Wildman–Crippen MR) is 45.7 cm³/mol. The van der Waals surface area contributed by atoms with E-state index in [4.69, 9.17) is 0 Å². The highest BCUT2D eigenvalue weighted by Crippen LogP contribution is 2.04. The summed E-state index contributed by atoms with van der Waals surface area (Å²) in [5.41, 5.74) is 0.256. The molecule has 0 unspecified atom stereocenters. The summed E-state index contributed by atoms with van der Waals surface area (Å²) in [6.45, 7) is 0. The molecule has 8 nitrogen and oxygen atoms in total. The molecule has 3 aromatic heterocycles. The summed E-state index contributed by atoms with van der Waals surface area (Å²) >= 11 is 0. The lowest BCUT2D eigenvalue weighted by Crippen LogP contribution is -2.15. The van der Waals surface area contributed by atoms with E-state index < -0.39 is 0 Å². The van der Waals surface area contributed by atoms with E-state index in [0.29, 0.717) is 11.0 Å². The summed E-state index contributed by atoms with van der Waals surface area (Å²) in [4.78, 5) is 15.8. The smallest absolute Gasteiger partial charge is 0.266 e. The van der Waals surface area contributed by atoms with E-state index in [1.165, 1.54) is 15.4 Å². The zero-order chi connectivity index (χ0) is 9.71. The standard InChI is InChI=1S/C6H5N7O/c1-12-4-3(2-7-12)5(14)13-6(8-4)9-10-11-13/h2H,1H3,(H,8,9,11). The van der Waals surface area contributed by atoms with Gasteiger partial charge in [-0.1, -0.05) is 5.10 Å². The van der Waals surface area contributed by atoms with E-state index in [2.05, 4.69) is 25.6 Å². The zero-order valence-corrected chi connectivity index (χ0v) is 7.17. The maximum Gasteiger partial charge on any atom is 0.286 e. The summed E-state index contributed by atoms with van der Waals surface area (Å²) in [5, 5.41) is 14.0. The van der Waals surface area contributed by atoms with Crippen LogP contribution in [0.15, 0.2) is 11.0 Å². The van der Waals surface area contributed by atoms with Crippen molar-refractivity contribution in [1.82, 2.24) is 34.8 Å². The second kappa shape index (κ2) is 2.16. The number of fused-ring (bicyclic) bond motifs is 2. The van der Waals surface area contributed by atoms with Crippen LogP contribution >= 0.6 is 0 Å². The molecular weight excluding hydrogens is 186 g/mol. The molecule has 0 aromatic carbocycles. The number of nitrogens with one attached hydrogen (secondary N) is 1. The van der Waals surface area contributed by atoms with Gasteiger partial charge in [0.2, 0.25) is 0 Å². The van der Waals surface area contributed by atoms with Gasteiger partial charge >= 0.3 is 0 Å². The van der Waals surface area contributed by atoms with Crippen molar-refractivity contribution in [3.63, 3.8) is 0 Å². The number of tetrazole rings is 1. The van der Waals surface area contributed by atoms with Crippen molar-refractivity contribution in [3.05, 3.63) is 16.6 Å². The molecule has 0 spiro atoms. The monoisotopic (exact) mass is 191 g/mol. The first kappa shape index (κ1) is 7.18. The molecule has 0 aliphatic heterocycles. The Morgan fingerprint density at radius 1 is 1.50 bits per heavy atom. The van der Waals surface area contributed by atoms with E-state index in [9.17, 15) is 4.79 Å². The molecule has 0 atom stereocenters. The molecule has 1 N–H and O–H groups in total. The lowest BCUT2D eigenvalue weighted by molar-refractivity contribution is 0.783. The summed E-state index contributed by atoms with van der Waals surface area (Å²) in [5.74, 6) is 0.242. The normalized spacial score (nSPS) is 11.5. The number of H-pyrrole nitrogens is 1. The number of rotatable bonds is 0. The number of aryl methyl sites for hydroxylation is 1. The van der Waals surface area contributed by atoms with Crippen LogP contribution in [0.5, 0.6) is 0 Å². The molecular formula is C6H5N7O. The molecule has 0 saturated heterocycles. The Bertz CT molecular complexity index is 674. The molecule has 0 amide bonds. The number of aromatic nitrogens is 7. The first-order valence-electron chi connectivity index (χ1n) is 3.89. The van der Waals surface area contributed by atoms with Gasteiger partial charge in [-0.2, -0.15) is 19.8 Å². The Kier molecular flexibility index (Phi) is 1.11. The van der Waals surface area contributed by atoms with Crippen LogP contribution in [-0.4, -0.2) is 34.8 Å². The minimum Gasteiger partial charge on any atom is -0.266 e. The quantitative estimate of drug-likeness (QED) is 0.476. The fourth-order valence-electron chi connectivity index (χ4n) is 1.34. The highest BCUT2D eigenvalue weighted by Gasteiger charge is 2.10. The van der Waals surface area contributed by atoms with Gasteiger partial charge in [0.1, 0.15) is 5.39 Å². The predicted octanol–water partition coefficient (Wildman–Crippen LogP) is -1.30. The fraction of sp³-hybridized carbons (Fsp3) is 0.167. The molecule has 3 rings (SSSR count). The molecule has 14 heavy (non-hydrogen) atoms. The van der Waals surface area contributed by atoms with Crippen LogP contribution in [0, 0.1) is 0 Å². The van der Waals surface area contributed by atoms with Gasteiger partial charge in [-0.15, -0.1) is 0 Å². The maximum absolute atomic E-state index is 11.7. The lowest BCUT2D eigenvalue weighted by Gasteiger charge is -1.92. The van der Waals surface area contributed by atoms with Gasteiger partial charge in [0.25, 0.3) is 11.3 Å². The van der Waals surface area contributed by atoms with Gasteiger partial charge in [0.15, 0.2) is 5.65 Å². The van der Waals surface area contributed by atoms with Crippen LogP contribution in [0.25, 0.3) is 16.8 Å². The average molecular weight is 191 g/mol. The number of hydrogen-bond acceptors (Lipinski definition) is 5. The summed E-state index contributed by atoms with van der Waals surface area (Å²) < 4.78 is 2.69. The Morgan fingerprint density at radius 2 is 2.36 bits per heavy atom. The largest absolute Gasteiger partial charge is 0.286 e. The third kappa shape index (κ3) is 0.696. The molecule has 70 valence electrons. The highest BCUT2D eigenvalue weighted by molar-refractivity contribution is 5.74. The SMILES string of the molecule is Cn1ncc2c(=O)n3[nH]nnc3nc21. The maximum atomic E-state index is 11.7. The molecule has 0 aliphatic carbocycles. The number of nitrogens with zero attached hydrogens (tertiary/aromatic N) is 6. The van der Waals surface area contributed by atoms with Crippen molar-refractivity contribution in [2.75, 3.05) is 0 Å².